The van der Waals surface area contributed by atoms with Crippen molar-refractivity contribution in [2.45, 2.75) is 6.92 Å². The Bertz CT molecular complexity index is 911. The number of hydrogen-bond donors (Lipinski definition) is 1. The predicted molar refractivity (Wildman–Crippen MR) is 102 cm³/mol. The first kappa shape index (κ1) is 16.6. The Morgan fingerprint density at radius 2 is 1.85 bits per heavy atom. The number of ether oxygens (including phenoxy) is 1. The fourth-order valence-electron chi connectivity index (χ4n) is 3.27. The predicted octanol–water partition coefficient (Wildman–Crippen LogP) is 2.61. The number of nitrogens with one attached hydrogen (secondary N) is 1. The number of amides is 1. The molecule has 2 heterocycles. The molecular formula is C20H22N4O2. The van der Waals surface area contributed by atoms with Crippen molar-refractivity contribution < 1.29 is 9.53 Å². The van der Waals surface area contributed by atoms with E-state index in [4.69, 9.17) is 4.74 Å². The summed E-state index contributed by atoms with van der Waals surface area (Å²) in [6.07, 6.45) is 1.80. The molecule has 3 aromatic rings. The molecule has 0 spiro atoms. The molecule has 6 nitrogen and oxygen atoms in total. The molecule has 0 saturated carbocycles. The third-order valence-electron chi connectivity index (χ3n) is 4.65. The summed E-state index contributed by atoms with van der Waals surface area (Å²) in [4.78, 5) is 18.8. The Labute approximate surface area is 152 Å². The maximum absolute atomic E-state index is 12.0. The Hall–Kier alpha value is -2.86. The van der Waals surface area contributed by atoms with Crippen LogP contribution in [-0.2, 0) is 4.74 Å². The lowest BCUT2D eigenvalue weighted by atomic mass is 10.2. The molecular weight excluding hydrogens is 328 g/mol. The van der Waals surface area contributed by atoms with Gasteiger partial charge in [0, 0.05) is 36.6 Å². The van der Waals surface area contributed by atoms with E-state index in [0.29, 0.717) is 12.1 Å². The molecule has 0 bridgehead atoms. The minimum atomic E-state index is -0.0705. The summed E-state index contributed by atoms with van der Waals surface area (Å²) in [5, 5.41) is 2.82. The number of morpholine rings is 1. The quantitative estimate of drug-likeness (QED) is 0.786. The standard InChI is InChI=1S/C20H22N4O2/c1-2-21-20(25)15-3-8-19-18(13-15)22-14-24(19)17-6-4-16(5-7-17)23-9-11-26-12-10-23/h3-8,13-14H,2,9-12H2,1H3,(H,21,25). The SMILES string of the molecule is CCNC(=O)c1ccc2c(c1)ncn2-c1ccc(N2CCOCC2)cc1. The Morgan fingerprint density at radius 3 is 2.58 bits per heavy atom. The van der Waals surface area contributed by atoms with Crippen LogP contribution in [0.15, 0.2) is 48.8 Å². The fourth-order valence-corrected chi connectivity index (χ4v) is 3.27. The van der Waals surface area contributed by atoms with E-state index in [1.807, 2.05) is 29.7 Å². The maximum Gasteiger partial charge on any atom is 0.251 e. The molecule has 134 valence electrons. The molecule has 4 rings (SSSR count). The van der Waals surface area contributed by atoms with Gasteiger partial charge in [-0.3, -0.25) is 9.36 Å². The summed E-state index contributed by atoms with van der Waals surface area (Å²) in [7, 11) is 0. The summed E-state index contributed by atoms with van der Waals surface area (Å²) in [5.74, 6) is -0.0705. The number of rotatable bonds is 4. The second-order valence-corrected chi connectivity index (χ2v) is 6.29. The van der Waals surface area contributed by atoms with Crippen LogP contribution in [0.25, 0.3) is 16.7 Å². The lowest BCUT2D eigenvalue weighted by Crippen LogP contribution is -2.36. The van der Waals surface area contributed by atoms with Crippen LogP contribution in [-0.4, -0.2) is 48.3 Å². The number of carbonyl (C=O) groups excluding carboxylic acids is 1. The highest BCUT2D eigenvalue weighted by Gasteiger charge is 2.12. The third kappa shape index (κ3) is 3.15. The van der Waals surface area contributed by atoms with Gasteiger partial charge in [-0.1, -0.05) is 0 Å². The number of imidazole rings is 1. The van der Waals surface area contributed by atoms with E-state index in [9.17, 15) is 4.79 Å². The van der Waals surface area contributed by atoms with Crippen LogP contribution in [0.1, 0.15) is 17.3 Å². The van der Waals surface area contributed by atoms with Crippen molar-refractivity contribution in [3.63, 3.8) is 0 Å². The second kappa shape index (κ2) is 7.17. The summed E-state index contributed by atoms with van der Waals surface area (Å²) in [6.45, 7) is 5.93. The molecule has 1 N–H and O–H groups in total. The number of benzene rings is 2. The number of carbonyl (C=O) groups is 1. The largest absolute Gasteiger partial charge is 0.378 e. The first-order valence-corrected chi connectivity index (χ1v) is 8.94. The van der Waals surface area contributed by atoms with Crippen molar-refractivity contribution in [1.82, 2.24) is 14.9 Å². The Balaban J connectivity index is 1.61. The highest BCUT2D eigenvalue weighted by molar-refractivity contribution is 5.97. The minimum absolute atomic E-state index is 0.0705. The lowest BCUT2D eigenvalue weighted by Gasteiger charge is -2.28. The van der Waals surface area contributed by atoms with E-state index in [1.165, 1.54) is 5.69 Å². The topological polar surface area (TPSA) is 59.4 Å². The van der Waals surface area contributed by atoms with E-state index in [2.05, 4.69) is 39.5 Å². The summed E-state index contributed by atoms with van der Waals surface area (Å²) < 4.78 is 7.45. The van der Waals surface area contributed by atoms with Gasteiger partial charge in [-0.25, -0.2) is 4.98 Å². The zero-order chi connectivity index (χ0) is 17.9. The van der Waals surface area contributed by atoms with Crippen LogP contribution in [0.2, 0.25) is 0 Å². The molecule has 1 amide bonds. The number of hydrogen-bond acceptors (Lipinski definition) is 4. The van der Waals surface area contributed by atoms with E-state index in [1.54, 1.807) is 6.33 Å². The molecule has 26 heavy (non-hydrogen) atoms. The number of fused-ring (bicyclic) bond motifs is 1. The first-order valence-electron chi connectivity index (χ1n) is 8.94. The lowest BCUT2D eigenvalue weighted by molar-refractivity contribution is 0.0956. The van der Waals surface area contributed by atoms with E-state index in [0.717, 1.165) is 43.0 Å². The molecule has 1 aliphatic rings. The molecule has 0 atom stereocenters. The van der Waals surface area contributed by atoms with Crippen molar-refractivity contribution in [3.8, 4) is 5.69 Å². The summed E-state index contributed by atoms with van der Waals surface area (Å²) >= 11 is 0. The average molecular weight is 350 g/mol. The number of aromatic nitrogens is 2. The van der Waals surface area contributed by atoms with Gasteiger partial charge in [0.25, 0.3) is 5.91 Å². The van der Waals surface area contributed by atoms with E-state index >= 15 is 0 Å². The van der Waals surface area contributed by atoms with Gasteiger partial charge in [0.05, 0.1) is 24.2 Å². The molecule has 1 aromatic heterocycles. The zero-order valence-corrected chi connectivity index (χ0v) is 14.8. The molecule has 0 aliphatic carbocycles. The Kier molecular flexibility index (Phi) is 4.58. The van der Waals surface area contributed by atoms with Gasteiger partial charge in [0.15, 0.2) is 0 Å². The van der Waals surface area contributed by atoms with Crippen LogP contribution in [0, 0.1) is 0 Å². The summed E-state index contributed by atoms with van der Waals surface area (Å²) in [6, 6.07) is 14.1. The second-order valence-electron chi connectivity index (χ2n) is 6.29. The monoisotopic (exact) mass is 350 g/mol. The normalized spacial score (nSPS) is 14.6. The van der Waals surface area contributed by atoms with Crippen molar-refractivity contribution in [1.29, 1.82) is 0 Å². The van der Waals surface area contributed by atoms with Crippen LogP contribution in [0.4, 0.5) is 5.69 Å². The zero-order valence-electron chi connectivity index (χ0n) is 14.8. The molecule has 0 radical (unpaired) electrons. The van der Waals surface area contributed by atoms with E-state index in [-0.39, 0.29) is 5.91 Å². The van der Waals surface area contributed by atoms with Crippen molar-refractivity contribution in [2.24, 2.45) is 0 Å². The van der Waals surface area contributed by atoms with Gasteiger partial charge < -0.3 is 15.0 Å². The van der Waals surface area contributed by atoms with Gasteiger partial charge in [-0.15, -0.1) is 0 Å². The van der Waals surface area contributed by atoms with Gasteiger partial charge in [0.2, 0.25) is 0 Å². The fraction of sp³-hybridized carbons (Fsp3) is 0.300. The molecule has 2 aromatic carbocycles. The highest BCUT2D eigenvalue weighted by atomic mass is 16.5. The number of anilines is 1. The Morgan fingerprint density at radius 1 is 1.12 bits per heavy atom. The van der Waals surface area contributed by atoms with Gasteiger partial charge >= 0.3 is 0 Å². The van der Waals surface area contributed by atoms with Crippen LogP contribution in [0.3, 0.4) is 0 Å². The van der Waals surface area contributed by atoms with Gasteiger partial charge in [-0.2, -0.15) is 0 Å². The van der Waals surface area contributed by atoms with Crippen LogP contribution < -0.4 is 10.2 Å². The molecule has 1 fully saturated rings. The van der Waals surface area contributed by atoms with Crippen LogP contribution in [0.5, 0.6) is 0 Å². The van der Waals surface area contributed by atoms with Crippen molar-refractivity contribution in [3.05, 3.63) is 54.4 Å². The first-order chi connectivity index (χ1) is 12.8. The third-order valence-corrected chi connectivity index (χ3v) is 4.65. The molecule has 0 unspecified atom stereocenters. The summed E-state index contributed by atoms with van der Waals surface area (Å²) in [5.41, 5.74) is 4.69. The molecule has 1 aliphatic heterocycles. The molecule has 1 saturated heterocycles. The van der Waals surface area contributed by atoms with E-state index < -0.39 is 0 Å². The maximum atomic E-state index is 12.0. The number of nitrogens with zero attached hydrogens (tertiary/aromatic N) is 3. The average Bonchev–Trinajstić information content (AvgIpc) is 3.12. The van der Waals surface area contributed by atoms with Gasteiger partial charge in [-0.05, 0) is 49.4 Å². The van der Waals surface area contributed by atoms with Gasteiger partial charge in [0.1, 0.15) is 6.33 Å². The minimum Gasteiger partial charge on any atom is -0.378 e. The smallest absolute Gasteiger partial charge is 0.251 e. The molecule has 6 heteroatoms. The highest BCUT2D eigenvalue weighted by Crippen LogP contribution is 2.23. The van der Waals surface area contributed by atoms with Crippen LogP contribution >= 0.6 is 0 Å². The van der Waals surface area contributed by atoms with Crippen molar-refractivity contribution >= 4 is 22.6 Å². The van der Waals surface area contributed by atoms with Crippen molar-refractivity contribution in [2.75, 3.05) is 37.7 Å².